The normalized spacial score (nSPS) is 11.3. The first-order valence-electron chi connectivity index (χ1n) is 12.0. The van der Waals surface area contributed by atoms with Crippen LogP contribution in [0.25, 0.3) is 66.5 Å². The van der Waals surface area contributed by atoms with Gasteiger partial charge < -0.3 is 0 Å². The molecule has 0 aliphatic rings. The van der Waals surface area contributed by atoms with Crippen LogP contribution in [0.2, 0.25) is 0 Å². The molecule has 0 N–H and O–H groups in total. The molecule has 0 aliphatic heterocycles. The summed E-state index contributed by atoms with van der Waals surface area (Å²) in [6, 6.07) is 43.9. The molecule has 168 valence electrons. The maximum Gasteiger partial charge on any atom is 0.160 e. The van der Waals surface area contributed by atoms with Gasteiger partial charge in [-0.25, -0.2) is 15.0 Å². The quantitative estimate of drug-likeness (QED) is 0.267. The summed E-state index contributed by atoms with van der Waals surface area (Å²) in [5, 5.41) is 4.58. The summed E-state index contributed by atoms with van der Waals surface area (Å²) >= 11 is 0. The highest BCUT2D eigenvalue weighted by atomic mass is 14.9. The lowest BCUT2D eigenvalue weighted by Crippen LogP contribution is -1.97. The van der Waals surface area contributed by atoms with Gasteiger partial charge in [-0.15, -0.1) is 0 Å². The third kappa shape index (κ3) is 3.58. The minimum Gasteiger partial charge on any atom is -0.246 e. The molecule has 7 rings (SSSR count). The second-order valence-corrected chi connectivity index (χ2v) is 8.94. The van der Waals surface area contributed by atoms with E-state index in [0.29, 0.717) is 5.82 Å². The Bertz CT molecular complexity index is 1910. The van der Waals surface area contributed by atoms with Crippen molar-refractivity contribution < 1.29 is 0 Å². The Morgan fingerprint density at radius 2 is 1.08 bits per heavy atom. The Kier molecular flexibility index (Phi) is 4.78. The second-order valence-electron chi connectivity index (χ2n) is 8.94. The molecule has 0 saturated heterocycles. The fourth-order valence-electron chi connectivity index (χ4n) is 4.81. The van der Waals surface area contributed by atoms with Crippen LogP contribution in [0.4, 0.5) is 0 Å². The smallest absolute Gasteiger partial charge is 0.160 e. The largest absolute Gasteiger partial charge is 0.246 e. The first-order valence-corrected chi connectivity index (χ1v) is 12.0. The van der Waals surface area contributed by atoms with Gasteiger partial charge in [-0.1, -0.05) is 97.1 Å². The van der Waals surface area contributed by atoms with Gasteiger partial charge in [-0.2, -0.15) is 0 Å². The van der Waals surface area contributed by atoms with Crippen LogP contribution in [0.3, 0.4) is 0 Å². The lowest BCUT2D eigenvalue weighted by atomic mass is 9.99. The van der Waals surface area contributed by atoms with Crippen LogP contribution in [0, 0.1) is 0 Å². The van der Waals surface area contributed by atoms with E-state index in [-0.39, 0.29) is 0 Å². The van der Waals surface area contributed by atoms with E-state index >= 15 is 0 Å². The molecular formula is C33H21N3. The predicted molar refractivity (Wildman–Crippen MR) is 149 cm³/mol. The van der Waals surface area contributed by atoms with E-state index in [9.17, 15) is 0 Å². The topological polar surface area (TPSA) is 38.7 Å². The maximum atomic E-state index is 5.06. The zero-order chi connectivity index (χ0) is 23.9. The Morgan fingerprint density at radius 1 is 0.389 bits per heavy atom. The number of rotatable bonds is 3. The van der Waals surface area contributed by atoms with Gasteiger partial charge in [0.25, 0.3) is 0 Å². The van der Waals surface area contributed by atoms with Crippen LogP contribution in [0.15, 0.2) is 127 Å². The molecule has 36 heavy (non-hydrogen) atoms. The van der Waals surface area contributed by atoms with Crippen LogP contribution in [0.5, 0.6) is 0 Å². The van der Waals surface area contributed by atoms with Crippen molar-refractivity contribution in [3.63, 3.8) is 0 Å². The van der Waals surface area contributed by atoms with Gasteiger partial charge in [0.15, 0.2) is 5.82 Å². The van der Waals surface area contributed by atoms with Crippen LogP contribution >= 0.6 is 0 Å². The van der Waals surface area contributed by atoms with Crippen molar-refractivity contribution >= 4 is 32.6 Å². The molecule has 0 fully saturated rings. The number of benzene rings is 5. The number of fused-ring (bicyclic) bond motifs is 3. The maximum absolute atomic E-state index is 5.06. The van der Waals surface area contributed by atoms with Gasteiger partial charge >= 0.3 is 0 Å². The Morgan fingerprint density at radius 3 is 2.00 bits per heavy atom. The molecule has 0 spiro atoms. The highest BCUT2D eigenvalue weighted by molar-refractivity contribution is 5.94. The summed E-state index contributed by atoms with van der Waals surface area (Å²) in [7, 11) is 0. The highest BCUT2D eigenvalue weighted by Crippen LogP contribution is 2.31. The molecule has 0 amide bonds. The van der Waals surface area contributed by atoms with E-state index in [1.54, 1.807) is 0 Å². The van der Waals surface area contributed by atoms with Crippen molar-refractivity contribution in [2.24, 2.45) is 0 Å². The van der Waals surface area contributed by atoms with E-state index in [2.05, 4.69) is 84.9 Å². The predicted octanol–water partition coefficient (Wildman–Crippen LogP) is 8.33. The summed E-state index contributed by atoms with van der Waals surface area (Å²) in [4.78, 5) is 14.9. The number of para-hydroxylation sites is 2. The fraction of sp³-hybridized carbons (Fsp3) is 0. The molecule has 0 radical (unpaired) electrons. The average molecular weight is 460 g/mol. The van der Waals surface area contributed by atoms with Crippen molar-refractivity contribution in [1.29, 1.82) is 0 Å². The summed E-state index contributed by atoms with van der Waals surface area (Å²) < 4.78 is 0. The van der Waals surface area contributed by atoms with Crippen LogP contribution in [0.1, 0.15) is 0 Å². The standard InChI is InChI=1S/C33H21N3/c1-2-10-24-20-26(17-16-22(24)8-1)25-11-7-12-27(21-25)33-35-30-15-6-4-13-28(30)32(36-33)31-19-18-23-9-3-5-14-29(23)34-31/h1-21H. The number of nitrogens with zero attached hydrogens (tertiary/aromatic N) is 3. The van der Waals surface area contributed by atoms with Crippen LogP contribution < -0.4 is 0 Å². The number of hydrogen-bond donors (Lipinski definition) is 0. The molecule has 2 heterocycles. The minimum atomic E-state index is 0.696. The van der Waals surface area contributed by atoms with E-state index in [1.807, 2.05) is 42.5 Å². The Labute approximate surface area is 208 Å². The lowest BCUT2D eigenvalue weighted by Gasteiger charge is -2.11. The fourth-order valence-corrected chi connectivity index (χ4v) is 4.81. The van der Waals surface area contributed by atoms with Crippen molar-refractivity contribution in [2.45, 2.75) is 0 Å². The number of aromatic nitrogens is 3. The monoisotopic (exact) mass is 459 g/mol. The number of hydrogen-bond acceptors (Lipinski definition) is 3. The molecule has 0 saturated carbocycles. The Balaban J connectivity index is 1.39. The third-order valence-electron chi connectivity index (χ3n) is 6.65. The SMILES string of the molecule is c1cc(-c2ccc3ccccc3c2)cc(-c2nc(-c3ccc4ccccc4n3)c3ccccc3n2)c1. The van der Waals surface area contributed by atoms with Gasteiger partial charge in [0, 0.05) is 16.3 Å². The molecule has 3 heteroatoms. The first-order chi connectivity index (χ1) is 17.8. The zero-order valence-corrected chi connectivity index (χ0v) is 19.5. The molecular weight excluding hydrogens is 438 g/mol. The lowest BCUT2D eigenvalue weighted by molar-refractivity contribution is 1.21. The third-order valence-corrected chi connectivity index (χ3v) is 6.65. The molecule has 3 nitrogen and oxygen atoms in total. The van der Waals surface area contributed by atoms with E-state index in [1.165, 1.54) is 16.3 Å². The van der Waals surface area contributed by atoms with Crippen molar-refractivity contribution in [3.05, 3.63) is 127 Å². The van der Waals surface area contributed by atoms with Gasteiger partial charge in [0.05, 0.1) is 16.7 Å². The van der Waals surface area contributed by atoms with Gasteiger partial charge in [-0.3, -0.25) is 0 Å². The summed E-state index contributed by atoms with van der Waals surface area (Å²) in [5.41, 5.74) is 6.85. The highest BCUT2D eigenvalue weighted by Gasteiger charge is 2.13. The minimum absolute atomic E-state index is 0.696. The summed E-state index contributed by atoms with van der Waals surface area (Å²) in [6.07, 6.45) is 0. The van der Waals surface area contributed by atoms with Gasteiger partial charge in [0.2, 0.25) is 0 Å². The van der Waals surface area contributed by atoms with Crippen molar-refractivity contribution in [2.75, 3.05) is 0 Å². The molecule has 0 atom stereocenters. The molecule has 0 aliphatic carbocycles. The first kappa shape index (κ1) is 20.5. The molecule has 0 bridgehead atoms. The Hall–Kier alpha value is -4.89. The van der Waals surface area contributed by atoms with Crippen molar-refractivity contribution in [3.8, 4) is 33.9 Å². The van der Waals surface area contributed by atoms with Crippen LogP contribution in [-0.4, -0.2) is 15.0 Å². The molecule has 2 aromatic heterocycles. The molecule has 5 aromatic carbocycles. The average Bonchev–Trinajstić information content (AvgIpc) is 2.96. The second kappa shape index (κ2) is 8.40. The zero-order valence-electron chi connectivity index (χ0n) is 19.5. The molecule has 7 aromatic rings. The van der Waals surface area contributed by atoms with Gasteiger partial charge in [0.1, 0.15) is 5.69 Å². The summed E-state index contributed by atoms with van der Waals surface area (Å²) in [6.45, 7) is 0. The van der Waals surface area contributed by atoms with E-state index < -0.39 is 0 Å². The molecule has 0 unspecified atom stereocenters. The summed E-state index contributed by atoms with van der Waals surface area (Å²) in [5.74, 6) is 0.696. The van der Waals surface area contributed by atoms with E-state index in [4.69, 9.17) is 15.0 Å². The van der Waals surface area contributed by atoms with Crippen molar-refractivity contribution in [1.82, 2.24) is 15.0 Å². The van der Waals surface area contributed by atoms with E-state index in [0.717, 1.165) is 44.3 Å². The van der Waals surface area contributed by atoms with Crippen LogP contribution in [-0.2, 0) is 0 Å². The van der Waals surface area contributed by atoms with Gasteiger partial charge in [-0.05, 0) is 52.2 Å². The number of pyridine rings is 1.